The molecule has 0 radical (unpaired) electrons. The van der Waals surface area contributed by atoms with Gasteiger partial charge in [0.05, 0.1) is 0 Å². The number of benzene rings is 1. The van der Waals surface area contributed by atoms with Crippen molar-refractivity contribution in [1.29, 1.82) is 0 Å². The lowest BCUT2D eigenvalue weighted by atomic mass is 9.92. The predicted octanol–water partition coefficient (Wildman–Crippen LogP) is 3.38. The van der Waals surface area contributed by atoms with Crippen molar-refractivity contribution in [3.05, 3.63) is 33.9 Å². The van der Waals surface area contributed by atoms with Crippen LogP contribution < -0.4 is 5.32 Å². The molecule has 1 N–H and O–H groups in total. The van der Waals surface area contributed by atoms with E-state index in [1.807, 2.05) is 13.8 Å². The molecule has 5 nitrogen and oxygen atoms in total. The quantitative estimate of drug-likeness (QED) is 0.479. The molecule has 0 spiro atoms. The van der Waals surface area contributed by atoms with E-state index in [2.05, 4.69) is 18.3 Å². The molecule has 1 heterocycles. The van der Waals surface area contributed by atoms with Gasteiger partial charge in [-0.1, -0.05) is 6.07 Å². The van der Waals surface area contributed by atoms with Gasteiger partial charge < -0.3 is 5.32 Å². The van der Waals surface area contributed by atoms with Crippen LogP contribution >= 0.6 is 11.8 Å². The van der Waals surface area contributed by atoms with Gasteiger partial charge in [0.2, 0.25) is 0 Å². The van der Waals surface area contributed by atoms with Crippen LogP contribution in [0.5, 0.6) is 0 Å². The summed E-state index contributed by atoms with van der Waals surface area (Å²) < 4.78 is 0. The minimum atomic E-state index is -0.817. The van der Waals surface area contributed by atoms with Gasteiger partial charge in [-0.3, -0.25) is 14.5 Å². The maximum absolute atomic E-state index is 12.2. The fourth-order valence-electron chi connectivity index (χ4n) is 3.34. The van der Waals surface area contributed by atoms with Gasteiger partial charge in [-0.05, 0) is 63.8 Å². The molecule has 1 aliphatic heterocycles. The first-order valence-electron chi connectivity index (χ1n) is 8.38. The molecule has 0 aromatic heterocycles. The number of ketones is 1. The van der Waals surface area contributed by atoms with Crippen molar-refractivity contribution in [3.63, 3.8) is 0 Å². The summed E-state index contributed by atoms with van der Waals surface area (Å²) in [5, 5.41) is 2.69. The van der Waals surface area contributed by atoms with Crippen LogP contribution in [0.3, 0.4) is 0 Å². The van der Waals surface area contributed by atoms with E-state index < -0.39 is 5.54 Å². The van der Waals surface area contributed by atoms with Gasteiger partial charge in [0.15, 0.2) is 5.78 Å². The summed E-state index contributed by atoms with van der Waals surface area (Å²) in [6.07, 6.45) is 0. The zero-order valence-corrected chi connectivity index (χ0v) is 16.6. The summed E-state index contributed by atoms with van der Waals surface area (Å²) in [7, 11) is 0. The molecule has 25 heavy (non-hydrogen) atoms. The monoisotopic (exact) mass is 362 g/mol. The maximum atomic E-state index is 12.2. The number of carbonyl (C=O) groups excluding carboxylic acids is 3. The van der Waals surface area contributed by atoms with Crippen molar-refractivity contribution < 1.29 is 14.4 Å². The van der Waals surface area contributed by atoms with E-state index in [1.54, 1.807) is 32.5 Å². The van der Waals surface area contributed by atoms with Crippen molar-refractivity contribution >= 4 is 29.5 Å². The average molecular weight is 362 g/mol. The van der Waals surface area contributed by atoms with E-state index in [0.29, 0.717) is 12.3 Å². The largest absolute Gasteiger partial charge is 0.325 e. The average Bonchev–Trinajstić information content (AvgIpc) is 2.66. The molecule has 136 valence electrons. The maximum Gasteiger partial charge on any atom is 0.325 e. The fourth-order valence-corrected chi connectivity index (χ4v) is 4.45. The van der Waals surface area contributed by atoms with Crippen LogP contribution in [0.25, 0.3) is 0 Å². The van der Waals surface area contributed by atoms with Crippen molar-refractivity contribution in [2.45, 2.75) is 52.8 Å². The van der Waals surface area contributed by atoms with E-state index in [-0.39, 0.29) is 17.7 Å². The van der Waals surface area contributed by atoms with Crippen molar-refractivity contribution in [1.82, 2.24) is 10.2 Å². The third kappa shape index (κ3) is 3.89. The number of hydrogen-bond donors (Lipinski definition) is 1. The molecule has 6 heteroatoms. The van der Waals surface area contributed by atoms with Crippen molar-refractivity contribution in [2.75, 3.05) is 12.3 Å². The van der Waals surface area contributed by atoms with Crippen LogP contribution in [0.15, 0.2) is 6.07 Å². The third-order valence-electron chi connectivity index (χ3n) is 4.63. The predicted molar refractivity (Wildman–Crippen MR) is 101 cm³/mol. The topological polar surface area (TPSA) is 66.5 Å². The molecule has 0 atom stereocenters. The number of hydrogen-bond acceptors (Lipinski definition) is 4. The summed E-state index contributed by atoms with van der Waals surface area (Å²) in [6.45, 7) is 11.4. The summed E-state index contributed by atoms with van der Waals surface area (Å²) in [5.41, 5.74) is 4.37. The number of carbonyl (C=O) groups is 3. The highest BCUT2D eigenvalue weighted by atomic mass is 32.2. The van der Waals surface area contributed by atoms with E-state index >= 15 is 0 Å². The summed E-state index contributed by atoms with van der Waals surface area (Å²) in [4.78, 5) is 37.2. The standard InChI is InChI=1S/C19H26N2O3S/c1-11-9-12(2)16(14(4)22)13(3)15(11)10-25-8-7-21-17(23)19(5,6)20-18(21)24/h9H,7-8,10H2,1-6H3,(H,20,24). The number of nitrogens with zero attached hydrogens (tertiary/aromatic N) is 1. The number of imide groups is 1. The van der Waals surface area contributed by atoms with Crippen LogP contribution in [-0.4, -0.2) is 40.5 Å². The van der Waals surface area contributed by atoms with E-state index in [4.69, 9.17) is 0 Å². The van der Waals surface area contributed by atoms with Gasteiger partial charge in [-0.2, -0.15) is 11.8 Å². The molecular weight excluding hydrogens is 336 g/mol. The summed E-state index contributed by atoms with van der Waals surface area (Å²) in [5.74, 6) is 1.32. The first-order chi connectivity index (χ1) is 11.6. The Morgan fingerprint density at radius 1 is 1.20 bits per heavy atom. The lowest BCUT2D eigenvalue weighted by molar-refractivity contribution is -0.130. The van der Waals surface area contributed by atoms with Gasteiger partial charge in [0, 0.05) is 23.6 Å². The Bertz CT molecular complexity index is 741. The fraction of sp³-hybridized carbons (Fsp3) is 0.526. The minimum absolute atomic E-state index is 0.0859. The minimum Gasteiger partial charge on any atom is -0.324 e. The zero-order valence-electron chi connectivity index (χ0n) is 15.8. The van der Waals surface area contributed by atoms with Crippen molar-refractivity contribution in [3.8, 4) is 0 Å². The van der Waals surface area contributed by atoms with E-state index in [9.17, 15) is 14.4 Å². The smallest absolute Gasteiger partial charge is 0.324 e. The second-order valence-corrected chi connectivity index (χ2v) is 8.21. The highest BCUT2D eigenvalue weighted by molar-refractivity contribution is 7.98. The first kappa shape index (κ1) is 19.5. The van der Waals surface area contributed by atoms with Crippen LogP contribution in [0.2, 0.25) is 0 Å². The second-order valence-electron chi connectivity index (χ2n) is 7.11. The van der Waals surface area contributed by atoms with Gasteiger partial charge in [-0.15, -0.1) is 0 Å². The van der Waals surface area contributed by atoms with Crippen LogP contribution in [0, 0.1) is 20.8 Å². The highest BCUT2D eigenvalue weighted by Crippen LogP contribution is 2.27. The number of Topliss-reactive ketones (excluding diaryl/α,β-unsaturated/α-hetero) is 1. The summed E-state index contributed by atoms with van der Waals surface area (Å²) >= 11 is 1.67. The highest BCUT2D eigenvalue weighted by Gasteiger charge is 2.43. The third-order valence-corrected chi connectivity index (χ3v) is 5.60. The van der Waals surface area contributed by atoms with Gasteiger partial charge in [-0.25, -0.2) is 4.79 Å². The Hall–Kier alpha value is -1.82. The van der Waals surface area contributed by atoms with Crippen molar-refractivity contribution in [2.24, 2.45) is 0 Å². The molecule has 1 aliphatic rings. The first-order valence-corrected chi connectivity index (χ1v) is 9.54. The molecule has 1 aromatic rings. The zero-order chi connectivity index (χ0) is 18.9. The molecule has 1 aromatic carbocycles. The normalized spacial score (nSPS) is 16.3. The molecule has 1 fully saturated rings. The second kappa shape index (κ2) is 7.20. The number of nitrogens with one attached hydrogen (secondary N) is 1. The molecule has 1 saturated heterocycles. The Kier molecular flexibility index (Phi) is 5.62. The Morgan fingerprint density at radius 2 is 1.84 bits per heavy atom. The lowest BCUT2D eigenvalue weighted by Crippen LogP contribution is -2.40. The van der Waals surface area contributed by atoms with Crippen LogP contribution in [-0.2, 0) is 10.5 Å². The Morgan fingerprint density at radius 3 is 2.36 bits per heavy atom. The SMILES string of the molecule is CC(=O)c1c(C)cc(C)c(CSCCN2C(=O)NC(C)(C)C2=O)c1C. The molecule has 2 rings (SSSR count). The van der Waals surface area contributed by atoms with E-state index in [0.717, 1.165) is 22.4 Å². The molecule has 0 aliphatic carbocycles. The molecular formula is C19H26N2O3S. The number of urea groups is 1. The molecule has 3 amide bonds. The summed E-state index contributed by atoms with van der Waals surface area (Å²) in [6, 6.07) is 1.73. The van der Waals surface area contributed by atoms with Crippen LogP contribution in [0.4, 0.5) is 4.79 Å². The number of aryl methyl sites for hydroxylation is 2. The Balaban J connectivity index is 2.01. The molecule has 0 saturated carbocycles. The number of rotatable bonds is 6. The molecule has 0 unspecified atom stereocenters. The van der Waals surface area contributed by atoms with E-state index in [1.165, 1.54) is 16.0 Å². The van der Waals surface area contributed by atoms with Gasteiger partial charge >= 0.3 is 6.03 Å². The number of thioether (sulfide) groups is 1. The Labute approximate surface area is 153 Å². The lowest BCUT2D eigenvalue weighted by Gasteiger charge is -2.17. The van der Waals surface area contributed by atoms with Crippen LogP contribution in [0.1, 0.15) is 53.4 Å². The molecule has 0 bridgehead atoms. The van der Waals surface area contributed by atoms with Gasteiger partial charge in [0.1, 0.15) is 5.54 Å². The van der Waals surface area contributed by atoms with Gasteiger partial charge in [0.25, 0.3) is 5.91 Å². The number of amides is 3.